The van der Waals surface area contributed by atoms with Gasteiger partial charge in [-0.3, -0.25) is 9.59 Å². The number of alkyl halides is 2. The summed E-state index contributed by atoms with van der Waals surface area (Å²) < 4.78 is 10.5. The monoisotopic (exact) mass is 460 g/mol. The van der Waals surface area contributed by atoms with Crippen LogP contribution < -0.4 is 5.73 Å². The standard InChI is InChI=1S/C19H24N2O6.CH2Cl2/c1-12(22)16-19(11-15(23)27-16)7-2-8-21(18(19)25)9-10-26-17(24)13-3-5-14(20)6-4-13;2-1-3/h3-6,12,16,22H,2,7-11,20H2,1H3;1H2/t12-,16+,19+;/m1./s1. The lowest BCUT2D eigenvalue weighted by Gasteiger charge is -2.41. The summed E-state index contributed by atoms with van der Waals surface area (Å²) in [5.74, 6) is -1.18. The summed E-state index contributed by atoms with van der Waals surface area (Å²) in [7, 11) is 0. The highest BCUT2D eigenvalue weighted by atomic mass is 35.5. The van der Waals surface area contributed by atoms with Crippen LogP contribution in [0.3, 0.4) is 0 Å². The van der Waals surface area contributed by atoms with E-state index in [2.05, 4.69) is 0 Å². The molecule has 1 amide bonds. The molecule has 2 heterocycles. The first kappa shape index (κ1) is 24.2. The Morgan fingerprint density at radius 3 is 2.60 bits per heavy atom. The van der Waals surface area contributed by atoms with E-state index in [-0.39, 0.29) is 30.8 Å². The van der Waals surface area contributed by atoms with E-state index in [9.17, 15) is 19.5 Å². The molecule has 2 saturated heterocycles. The number of amides is 1. The molecule has 1 aromatic carbocycles. The predicted octanol–water partition coefficient (Wildman–Crippen LogP) is 2.15. The minimum absolute atomic E-state index is 0.0247. The molecule has 0 bridgehead atoms. The van der Waals surface area contributed by atoms with Gasteiger partial charge in [0.2, 0.25) is 5.91 Å². The van der Waals surface area contributed by atoms with E-state index < -0.39 is 29.6 Å². The van der Waals surface area contributed by atoms with Crippen LogP contribution in [0.25, 0.3) is 0 Å². The summed E-state index contributed by atoms with van der Waals surface area (Å²) in [5.41, 5.74) is 5.50. The molecule has 0 radical (unpaired) electrons. The van der Waals surface area contributed by atoms with Crippen LogP contribution in [0.1, 0.15) is 36.5 Å². The van der Waals surface area contributed by atoms with Crippen molar-refractivity contribution in [2.75, 3.05) is 30.8 Å². The number of carbonyl (C=O) groups is 3. The van der Waals surface area contributed by atoms with Gasteiger partial charge in [-0.05, 0) is 44.0 Å². The molecular weight excluding hydrogens is 435 g/mol. The highest BCUT2D eigenvalue weighted by Gasteiger charge is 2.58. The second kappa shape index (κ2) is 10.8. The first-order valence-electron chi connectivity index (χ1n) is 9.56. The number of benzene rings is 1. The van der Waals surface area contributed by atoms with Gasteiger partial charge in [0.05, 0.1) is 35.4 Å². The maximum atomic E-state index is 13.0. The number of nitrogens with zero attached hydrogens (tertiary/aromatic N) is 1. The van der Waals surface area contributed by atoms with Crippen LogP contribution in [-0.2, 0) is 19.1 Å². The summed E-state index contributed by atoms with van der Waals surface area (Å²) in [6.45, 7) is 2.30. The average molecular weight is 461 g/mol. The first-order chi connectivity index (χ1) is 14.2. The Kier molecular flexibility index (Phi) is 8.76. The molecule has 0 unspecified atom stereocenters. The molecular formula is C20H26Cl2N2O6. The number of halogens is 2. The molecule has 0 saturated carbocycles. The van der Waals surface area contributed by atoms with E-state index in [1.165, 1.54) is 6.92 Å². The molecule has 2 aliphatic rings. The highest BCUT2D eigenvalue weighted by Crippen LogP contribution is 2.45. The van der Waals surface area contributed by atoms with Gasteiger partial charge < -0.3 is 25.2 Å². The van der Waals surface area contributed by atoms with Gasteiger partial charge >= 0.3 is 11.9 Å². The molecule has 3 rings (SSSR count). The largest absolute Gasteiger partial charge is 0.460 e. The van der Waals surface area contributed by atoms with Crippen LogP contribution in [0, 0.1) is 5.41 Å². The molecule has 1 spiro atoms. The summed E-state index contributed by atoms with van der Waals surface area (Å²) in [6, 6.07) is 6.38. The summed E-state index contributed by atoms with van der Waals surface area (Å²) in [5, 5.41) is 10.2. The van der Waals surface area contributed by atoms with Crippen molar-refractivity contribution in [2.45, 2.75) is 38.4 Å². The number of piperidine rings is 1. The van der Waals surface area contributed by atoms with Crippen LogP contribution >= 0.6 is 23.2 Å². The van der Waals surface area contributed by atoms with Crippen LogP contribution in [0.2, 0.25) is 0 Å². The molecule has 8 nitrogen and oxygen atoms in total. The molecule has 3 atom stereocenters. The van der Waals surface area contributed by atoms with Crippen molar-refractivity contribution < 1.29 is 29.0 Å². The number of cyclic esters (lactones) is 1. The van der Waals surface area contributed by atoms with Crippen molar-refractivity contribution in [3.8, 4) is 0 Å². The number of carbonyl (C=O) groups excluding carboxylic acids is 3. The summed E-state index contributed by atoms with van der Waals surface area (Å²) >= 11 is 9.53. The summed E-state index contributed by atoms with van der Waals surface area (Å²) in [4.78, 5) is 38.4. The first-order valence-corrected chi connectivity index (χ1v) is 10.6. The van der Waals surface area contributed by atoms with Gasteiger partial charge in [0.15, 0.2) is 0 Å². The molecule has 0 aromatic heterocycles. The van der Waals surface area contributed by atoms with E-state index in [0.29, 0.717) is 30.6 Å². The minimum Gasteiger partial charge on any atom is -0.460 e. The maximum Gasteiger partial charge on any atom is 0.338 e. The third-order valence-electron chi connectivity index (χ3n) is 5.21. The molecule has 2 aliphatic heterocycles. The van der Waals surface area contributed by atoms with Gasteiger partial charge in [0, 0.05) is 12.2 Å². The molecule has 1 aromatic rings. The van der Waals surface area contributed by atoms with Gasteiger partial charge in [-0.15, -0.1) is 23.2 Å². The second-order valence-electron chi connectivity index (χ2n) is 7.24. The number of aliphatic hydroxyl groups is 1. The van der Waals surface area contributed by atoms with Crippen molar-refractivity contribution in [2.24, 2.45) is 5.41 Å². The van der Waals surface area contributed by atoms with Gasteiger partial charge in [-0.2, -0.15) is 0 Å². The quantitative estimate of drug-likeness (QED) is 0.392. The fourth-order valence-electron chi connectivity index (χ4n) is 3.92. The van der Waals surface area contributed by atoms with Crippen LogP contribution in [0.15, 0.2) is 24.3 Å². The number of anilines is 1. The molecule has 166 valence electrons. The predicted molar refractivity (Wildman–Crippen MR) is 112 cm³/mol. The Hall–Kier alpha value is -2.03. The van der Waals surface area contributed by atoms with Gasteiger partial charge in [-0.25, -0.2) is 4.79 Å². The number of hydrogen-bond acceptors (Lipinski definition) is 7. The van der Waals surface area contributed by atoms with E-state index in [4.69, 9.17) is 38.4 Å². The van der Waals surface area contributed by atoms with Crippen LogP contribution in [-0.4, -0.2) is 65.1 Å². The summed E-state index contributed by atoms with van der Waals surface area (Å²) in [6.07, 6.45) is -0.600. The van der Waals surface area contributed by atoms with Crippen molar-refractivity contribution in [1.82, 2.24) is 4.90 Å². The van der Waals surface area contributed by atoms with Gasteiger partial charge in [0.1, 0.15) is 12.7 Å². The number of ether oxygens (including phenoxy) is 2. The Balaban J connectivity index is 0.00000101. The molecule has 30 heavy (non-hydrogen) atoms. The van der Waals surface area contributed by atoms with Crippen molar-refractivity contribution in [1.29, 1.82) is 0 Å². The SMILES string of the molecule is C[C@@H](O)[C@@H]1OC(=O)C[C@@]12CCCN(CCOC(=O)c1ccc(N)cc1)C2=O.ClCCl. The lowest BCUT2D eigenvalue weighted by Crippen LogP contribution is -2.55. The lowest BCUT2D eigenvalue weighted by atomic mass is 9.72. The minimum atomic E-state index is -1.02. The highest BCUT2D eigenvalue weighted by molar-refractivity contribution is 6.40. The average Bonchev–Trinajstić information content (AvgIpc) is 3.03. The van der Waals surface area contributed by atoms with E-state index in [1.807, 2.05) is 0 Å². The third-order valence-corrected chi connectivity index (χ3v) is 5.21. The second-order valence-corrected chi connectivity index (χ2v) is 8.05. The van der Waals surface area contributed by atoms with Crippen LogP contribution in [0.5, 0.6) is 0 Å². The number of aliphatic hydroxyl groups excluding tert-OH is 1. The maximum absolute atomic E-state index is 13.0. The van der Waals surface area contributed by atoms with Gasteiger partial charge in [0.25, 0.3) is 0 Å². The fourth-order valence-corrected chi connectivity index (χ4v) is 3.92. The number of likely N-dealkylation sites (tertiary alicyclic amines) is 1. The number of rotatable bonds is 5. The zero-order chi connectivity index (χ0) is 22.3. The number of esters is 2. The zero-order valence-corrected chi connectivity index (χ0v) is 18.2. The molecule has 10 heteroatoms. The number of nitrogens with two attached hydrogens (primary N) is 1. The number of hydrogen-bond donors (Lipinski definition) is 2. The smallest absolute Gasteiger partial charge is 0.338 e. The Morgan fingerprint density at radius 1 is 1.37 bits per heavy atom. The molecule has 3 N–H and O–H groups in total. The van der Waals surface area contributed by atoms with E-state index >= 15 is 0 Å². The Bertz CT molecular complexity index is 758. The number of nitrogen functional groups attached to an aromatic ring is 1. The third kappa shape index (κ3) is 5.56. The van der Waals surface area contributed by atoms with Gasteiger partial charge in [-0.1, -0.05) is 0 Å². The zero-order valence-electron chi connectivity index (χ0n) is 16.7. The molecule has 2 fully saturated rings. The normalized spacial score (nSPS) is 24.1. The van der Waals surface area contributed by atoms with Crippen molar-refractivity contribution in [3.05, 3.63) is 29.8 Å². The lowest BCUT2D eigenvalue weighted by molar-refractivity contribution is -0.158. The Labute approximate surface area is 185 Å². The van der Waals surface area contributed by atoms with E-state index in [0.717, 1.165) is 0 Å². The van der Waals surface area contributed by atoms with Crippen LogP contribution in [0.4, 0.5) is 5.69 Å². The van der Waals surface area contributed by atoms with Crippen molar-refractivity contribution >= 4 is 46.7 Å². The van der Waals surface area contributed by atoms with Crippen molar-refractivity contribution in [3.63, 3.8) is 0 Å². The molecule has 0 aliphatic carbocycles. The topological polar surface area (TPSA) is 119 Å². The Morgan fingerprint density at radius 2 is 2.00 bits per heavy atom. The van der Waals surface area contributed by atoms with E-state index in [1.54, 1.807) is 29.2 Å². The fraction of sp³-hybridized carbons (Fsp3) is 0.550.